The number of amides is 3. The molecule has 8 nitrogen and oxygen atoms in total. The second kappa shape index (κ2) is 10.9. The Morgan fingerprint density at radius 3 is 2.58 bits per heavy atom. The summed E-state index contributed by atoms with van der Waals surface area (Å²) in [4.78, 5) is 43.8. The van der Waals surface area contributed by atoms with Crippen LogP contribution < -0.4 is 15.5 Å². The number of anilines is 1. The van der Waals surface area contributed by atoms with E-state index in [1.165, 1.54) is 5.56 Å². The summed E-state index contributed by atoms with van der Waals surface area (Å²) in [5.41, 5.74) is 3.97. The molecule has 1 aromatic rings. The molecule has 0 aromatic heterocycles. The van der Waals surface area contributed by atoms with E-state index in [1.807, 2.05) is 17.9 Å². The monoisotopic (exact) mass is 558 g/mol. The van der Waals surface area contributed by atoms with E-state index in [-0.39, 0.29) is 36.7 Å². The van der Waals surface area contributed by atoms with Gasteiger partial charge in [0, 0.05) is 38.1 Å². The van der Waals surface area contributed by atoms with Crippen molar-refractivity contribution in [2.24, 2.45) is 11.8 Å². The van der Waals surface area contributed by atoms with Crippen molar-refractivity contribution in [2.75, 3.05) is 37.7 Å². The highest BCUT2D eigenvalue weighted by Gasteiger charge is 2.50. The highest BCUT2D eigenvalue weighted by atomic mass is 19.2. The normalized spacial score (nSPS) is 34.3. The van der Waals surface area contributed by atoms with Crippen LogP contribution in [0.4, 0.5) is 14.5 Å². The third kappa shape index (κ3) is 5.19. The van der Waals surface area contributed by atoms with Crippen molar-refractivity contribution < 1.29 is 27.9 Å². The standard InChI is InChI=1S/C30H40F2N4O4/c1-16-11-21(18-3-4-18)28(23(12-16)30(39)35-7-9-40-10-8-35)36-15-19(13-17(36)2)33-29(38)22-14-25(37)34-27-20(22)5-6-24(31)26(27)32/h11-12,17-20,22,24,26-27H,3-10,13-15H2,1-2H3,(H,33,38)(H,34,37)/t17-,19-,20?,22?,24?,26?,27?/m1/s1. The smallest absolute Gasteiger partial charge is 0.256 e. The zero-order valence-electron chi connectivity index (χ0n) is 23.3. The van der Waals surface area contributed by atoms with Gasteiger partial charge in [0.25, 0.3) is 5.91 Å². The number of aryl methyl sites for hydroxylation is 1. The van der Waals surface area contributed by atoms with Crippen molar-refractivity contribution >= 4 is 23.4 Å². The number of hydrogen-bond donors (Lipinski definition) is 2. The second-order valence-corrected chi connectivity index (χ2v) is 12.5. The predicted molar refractivity (Wildman–Crippen MR) is 146 cm³/mol. The number of carbonyl (C=O) groups excluding carboxylic acids is 3. The first-order valence-electron chi connectivity index (χ1n) is 14.9. The lowest BCUT2D eigenvalue weighted by molar-refractivity contribution is -0.140. The van der Waals surface area contributed by atoms with Gasteiger partial charge in [0.05, 0.1) is 36.4 Å². The Balaban J connectivity index is 1.22. The number of hydrogen-bond acceptors (Lipinski definition) is 5. The van der Waals surface area contributed by atoms with Gasteiger partial charge < -0.3 is 25.2 Å². The number of alkyl halides is 2. The van der Waals surface area contributed by atoms with E-state index in [1.54, 1.807) is 0 Å². The SMILES string of the molecule is Cc1cc(C(=O)N2CCOCC2)c(N2C[C@H](NC(=O)C3CC(=O)NC4C(F)C(F)CCC34)C[C@H]2C)c(C2CC2)c1. The Bertz CT molecular complexity index is 1170. The lowest BCUT2D eigenvalue weighted by Gasteiger charge is -2.43. The molecule has 3 amide bonds. The minimum absolute atomic E-state index is 0.00928. The third-order valence-electron chi connectivity index (χ3n) is 9.55. The van der Waals surface area contributed by atoms with Crippen LogP contribution in [0, 0.1) is 18.8 Å². The van der Waals surface area contributed by atoms with Crippen LogP contribution in [-0.4, -0.2) is 85.9 Å². The molecule has 10 heteroatoms. The van der Waals surface area contributed by atoms with Gasteiger partial charge in [-0.3, -0.25) is 14.4 Å². The van der Waals surface area contributed by atoms with Gasteiger partial charge in [-0.2, -0.15) is 0 Å². The summed E-state index contributed by atoms with van der Waals surface area (Å²) >= 11 is 0. The van der Waals surface area contributed by atoms with Crippen LogP contribution in [0.1, 0.15) is 72.9 Å². The van der Waals surface area contributed by atoms with E-state index in [9.17, 15) is 23.2 Å². The minimum Gasteiger partial charge on any atom is -0.378 e. The van der Waals surface area contributed by atoms with Gasteiger partial charge in [0.2, 0.25) is 11.8 Å². The average molecular weight is 559 g/mol. The van der Waals surface area contributed by atoms with Crippen LogP contribution in [0.5, 0.6) is 0 Å². The Labute approximate surface area is 234 Å². The number of carbonyl (C=O) groups is 3. The van der Waals surface area contributed by atoms with Crippen LogP contribution in [-0.2, 0) is 14.3 Å². The fraction of sp³-hybridized carbons (Fsp3) is 0.700. The fourth-order valence-electron chi connectivity index (χ4n) is 7.36. The zero-order chi connectivity index (χ0) is 28.1. The number of benzene rings is 1. The van der Waals surface area contributed by atoms with E-state index in [0.717, 1.165) is 24.1 Å². The number of halogens is 2. The van der Waals surface area contributed by atoms with Crippen LogP contribution in [0.2, 0.25) is 0 Å². The molecular formula is C30H40F2N4O4. The maximum atomic E-state index is 14.6. The van der Waals surface area contributed by atoms with E-state index in [4.69, 9.17) is 4.74 Å². The van der Waals surface area contributed by atoms with Gasteiger partial charge in [0.1, 0.15) is 6.17 Å². The molecule has 6 rings (SSSR count). The lowest BCUT2D eigenvalue weighted by atomic mass is 9.71. The molecule has 5 aliphatic rings. The first-order chi connectivity index (χ1) is 19.2. The summed E-state index contributed by atoms with van der Waals surface area (Å²) in [5.74, 6) is -1.29. The first kappa shape index (κ1) is 27.4. The van der Waals surface area contributed by atoms with Crippen LogP contribution in [0.3, 0.4) is 0 Å². The van der Waals surface area contributed by atoms with Crippen LogP contribution >= 0.6 is 0 Å². The van der Waals surface area contributed by atoms with Gasteiger partial charge in [-0.05, 0) is 75.0 Å². The van der Waals surface area contributed by atoms with Gasteiger partial charge in [0.15, 0.2) is 6.17 Å². The fourth-order valence-corrected chi connectivity index (χ4v) is 7.36. The van der Waals surface area contributed by atoms with E-state index >= 15 is 0 Å². The van der Waals surface area contributed by atoms with Crippen LogP contribution in [0.15, 0.2) is 12.1 Å². The van der Waals surface area contributed by atoms with Crippen molar-refractivity contribution in [2.45, 2.75) is 88.8 Å². The quantitative estimate of drug-likeness (QED) is 0.580. The molecule has 3 heterocycles. The Morgan fingerprint density at radius 2 is 1.85 bits per heavy atom. The van der Waals surface area contributed by atoms with Gasteiger partial charge in [-0.1, -0.05) is 6.07 Å². The van der Waals surface area contributed by atoms with E-state index in [2.05, 4.69) is 28.5 Å². The molecule has 5 unspecified atom stereocenters. The maximum absolute atomic E-state index is 14.6. The number of morpholine rings is 1. The van der Waals surface area contributed by atoms with Crippen molar-refractivity contribution in [3.63, 3.8) is 0 Å². The number of nitrogens with zero attached hydrogens (tertiary/aromatic N) is 2. The summed E-state index contributed by atoms with van der Waals surface area (Å²) in [6, 6.07) is 3.15. The Hall–Kier alpha value is -2.75. The molecule has 7 atom stereocenters. The number of piperidine rings is 1. The van der Waals surface area contributed by atoms with Crippen molar-refractivity contribution in [3.8, 4) is 0 Å². The number of rotatable bonds is 5. The van der Waals surface area contributed by atoms with E-state index in [0.29, 0.717) is 57.2 Å². The summed E-state index contributed by atoms with van der Waals surface area (Å²) < 4.78 is 34.1. The molecular weight excluding hydrogens is 518 g/mol. The zero-order valence-corrected chi connectivity index (χ0v) is 23.3. The summed E-state index contributed by atoms with van der Waals surface area (Å²) in [6.45, 7) is 6.91. The maximum Gasteiger partial charge on any atom is 0.256 e. The molecule has 40 heavy (non-hydrogen) atoms. The van der Waals surface area contributed by atoms with Gasteiger partial charge in [-0.15, -0.1) is 0 Å². The molecule has 2 aliphatic carbocycles. The largest absolute Gasteiger partial charge is 0.378 e. The topological polar surface area (TPSA) is 91.0 Å². The summed E-state index contributed by atoms with van der Waals surface area (Å²) in [7, 11) is 0. The summed E-state index contributed by atoms with van der Waals surface area (Å²) in [6.07, 6.45) is -0.0727. The molecule has 5 fully saturated rings. The second-order valence-electron chi connectivity index (χ2n) is 12.5. The summed E-state index contributed by atoms with van der Waals surface area (Å²) in [5, 5.41) is 5.76. The van der Waals surface area contributed by atoms with Crippen molar-refractivity contribution in [3.05, 3.63) is 28.8 Å². The highest BCUT2D eigenvalue weighted by molar-refractivity contribution is 6.01. The van der Waals surface area contributed by atoms with Crippen molar-refractivity contribution in [1.29, 1.82) is 0 Å². The molecule has 2 N–H and O–H groups in total. The predicted octanol–water partition coefficient (Wildman–Crippen LogP) is 3.02. The third-order valence-corrected chi connectivity index (χ3v) is 9.55. The Kier molecular flexibility index (Phi) is 7.48. The molecule has 0 bridgehead atoms. The molecule has 3 aliphatic heterocycles. The highest BCUT2D eigenvalue weighted by Crippen LogP contribution is 2.48. The minimum atomic E-state index is -1.79. The number of fused-ring (bicyclic) bond motifs is 1. The molecule has 3 saturated heterocycles. The van der Waals surface area contributed by atoms with Crippen LogP contribution in [0.25, 0.3) is 0 Å². The Morgan fingerprint density at radius 1 is 1.10 bits per heavy atom. The average Bonchev–Trinajstić information content (AvgIpc) is 3.73. The molecule has 2 saturated carbocycles. The number of ether oxygens (including phenoxy) is 1. The first-order valence-corrected chi connectivity index (χ1v) is 14.9. The molecule has 0 radical (unpaired) electrons. The van der Waals surface area contributed by atoms with Crippen molar-refractivity contribution in [1.82, 2.24) is 15.5 Å². The number of nitrogens with one attached hydrogen (secondary N) is 2. The molecule has 1 aromatic carbocycles. The van der Waals surface area contributed by atoms with Gasteiger partial charge in [-0.25, -0.2) is 8.78 Å². The lowest BCUT2D eigenvalue weighted by Crippen LogP contribution is -2.61. The van der Waals surface area contributed by atoms with Gasteiger partial charge >= 0.3 is 0 Å². The molecule has 218 valence electrons. The molecule has 0 spiro atoms. The van der Waals surface area contributed by atoms with E-state index < -0.39 is 36.1 Å².